The van der Waals surface area contributed by atoms with Crippen LogP contribution in [0.15, 0.2) is 0 Å². The quantitative estimate of drug-likeness (QED) is 0.610. The lowest BCUT2D eigenvalue weighted by molar-refractivity contribution is -0.0461. The third-order valence-corrected chi connectivity index (χ3v) is 4.23. The van der Waals surface area contributed by atoms with Crippen molar-refractivity contribution in [3.8, 4) is 0 Å². The molecule has 0 bridgehead atoms. The molecule has 6 unspecified atom stereocenters. The maximum Gasteiger partial charge on any atom is 0.114 e. The molecule has 0 spiro atoms. The van der Waals surface area contributed by atoms with E-state index in [4.69, 9.17) is 37.9 Å². The van der Waals surface area contributed by atoms with Gasteiger partial charge in [0.15, 0.2) is 0 Å². The van der Waals surface area contributed by atoms with Crippen LogP contribution >= 0.6 is 0 Å². The first-order valence-corrected chi connectivity index (χ1v) is 7.98. The van der Waals surface area contributed by atoms with Gasteiger partial charge in [0.05, 0.1) is 26.4 Å². The number of hydrogen-bond acceptors (Lipinski definition) is 8. The van der Waals surface area contributed by atoms with Gasteiger partial charge >= 0.3 is 0 Å². The van der Waals surface area contributed by atoms with Gasteiger partial charge in [0, 0.05) is 42.7 Å². The zero-order chi connectivity index (χ0) is 17.9. The van der Waals surface area contributed by atoms with Crippen molar-refractivity contribution >= 4 is 0 Å². The Kier molecular flexibility index (Phi) is 11.0. The van der Waals surface area contributed by atoms with E-state index in [1.807, 2.05) is 0 Å². The first-order chi connectivity index (χ1) is 11.7. The predicted molar refractivity (Wildman–Crippen MR) is 86.4 cm³/mol. The Morgan fingerprint density at radius 2 is 1.00 bits per heavy atom. The standard InChI is InChI=1S/2C8H16O4/c2*1-9-4-7-8(11-3)6(10-2)5-12-7/h2*6-8H,4-5H2,1-3H3. The molecule has 2 saturated heterocycles. The van der Waals surface area contributed by atoms with Crippen LogP contribution in [0, 0.1) is 0 Å². The smallest absolute Gasteiger partial charge is 0.114 e. The number of rotatable bonds is 8. The van der Waals surface area contributed by atoms with Crippen LogP contribution in [0.2, 0.25) is 0 Å². The molecule has 2 fully saturated rings. The van der Waals surface area contributed by atoms with Crippen LogP contribution in [-0.4, -0.2) is 106 Å². The summed E-state index contributed by atoms with van der Waals surface area (Å²) in [7, 11) is 9.94. The normalized spacial score (nSPS) is 35.8. The molecule has 0 radical (unpaired) electrons. The molecule has 144 valence electrons. The van der Waals surface area contributed by atoms with Crippen molar-refractivity contribution in [2.24, 2.45) is 0 Å². The first kappa shape index (κ1) is 21.7. The summed E-state index contributed by atoms with van der Waals surface area (Å²) >= 11 is 0. The predicted octanol–water partition coefficient (Wildman–Crippen LogP) is 0.123. The maximum absolute atomic E-state index is 5.43. The van der Waals surface area contributed by atoms with E-state index in [9.17, 15) is 0 Å². The number of methoxy groups -OCH3 is 6. The Morgan fingerprint density at radius 1 is 0.625 bits per heavy atom. The average Bonchev–Trinajstić information content (AvgIpc) is 3.18. The summed E-state index contributed by atoms with van der Waals surface area (Å²) < 4.78 is 41.7. The van der Waals surface area contributed by atoms with Crippen LogP contribution in [0.1, 0.15) is 0 Å². The number of hydrogen-bond donors (Lipinski definition) is 0. The molecule has 8 heteroatoms. The lowest BCUT2D eigenvalue weighted by atomic mass is 10.1. The lowest BCUT2D eigenvalue weighted by Gasteiger charge is -2.19. The first-order valence-electron chi connectivity index (χ1n) is 7.98. The summed E-state index contributed by atoms with van der Waals surface area (Å²) in [6.45, 7) is 2.28. The SMILES string of the molecule is COCC1OCC(OC)C1OC.COCC1OCC(OC)C1OC. The highest BCUT2D eigenvalue weighted by Gasteiger charge is 2.38. The zero-order valence-corrected chi connectivity index (χ0v) is 15.6. The van der Waals surface area contributed by atoms with Gasteiger partial charge in [-0.2, -0.15) is 0 Å². The van der Waals surface area contributed by atoms with E-state index in [-0.39, 0.29) is 36.6 Å². The molecule has 6 atom stereocenters. The second kappa shape index (κ2) is 12.1. The Hall–Kier alpha value is -0.320. The molecule has 2 heterocycles. The summed E-state index contributed by atoms with van der Waals surface area (Å²) in [6, 6.07) is 0. The van der Waals surface area contributed by atoms with Crippen LogP contribution in [0.5, 0.6) is 0 Å². The Bertz CT molecular complexity index is 286. The second-order valence-electron chi connectivity index (χ2n) is 5.60. The monoisotopic (exact) mass is 352 g/mol. The molecule has 2 rings (SSSR count). The Morgan fingerprint density at radius 3 is 1.25 bits per heavy atom. The van der Waals surface area contributed by atoms with Crippen molar-refractivity contribution in [1.82, 2.24) is 0 Å². The van der Waals surface area contributed by atoms with E-state index in [2.05, 4.69) is 0 Å². The van der Waals surface area contributed by atoms with Gasteiger partial charge in [0.1, 0.15) is 36.6 Å². The third kappa shape index (κ3) is 5.89. The van der Waals surface area contributed by atoms with E-state index in [1.54, 1.807) is 42.7 Å². The summed E-state index contributed by atoms with van der Waals surface area (Å²) in [5, 5.41) is 0. The van der Waals surface area contributed by atoms with E-state index in [0.29, 0.717) is 26.4 Å². The van der Waals surface area contributed by atoms with Crippen molar-refractivity contribution in [2.45, 2.75) is 36.6 Å². The van der Waals surface area contributed by atoms with Crippen molar-refractivity contribution < 1.29 is 37.9 Å². The van der Waals surface area contributed by atoms with Gasteiger partial charge in [-0.05, 0) is 0 Å². The van der Waals surface area contributed by atoms with Crippen LogP contribution in [0.25, 0.3) is 0 Å². The molecular formula is C16H32O8. The lowest BCUT2D eigenvalue weighted by Crippen LogP contribution is -2.35. The fraction of sp³-hybridized carbons (Fsp3) is 1.00. The highest BCUT2D eigenvalue weighted by atomic mass is 16.6. The molecule has 0 aliphatic carbocycles. The fourth-order valence-electron chi connectivity index (χ4n) is 2.92. The minimum absolute atomic E-state index is 0.00458. The van der Waals surface area contributed by atoms with Crippen LogP contribution in [-0.2, 0) is 37.9 Å². The van der Waals surface area contributed by atoms with Gasteiger partial charge < -0.3 is 37.9 Å². The minimum atomic E-state index is -0.00468. The molecular weight excluding hydrogens is 320 g/mol. The highest BCUT2D eigenvalue weighted by Crippen LogP contribution is 2.20. The molecule has 0 saturated carbocycles. The molecule has 0 N–H and O–H groups in total. The van der Waals surface area contributed by atoms with Gasteiger partial charge in [-0.3, -0.25) is 0 Å². The van der Waals surface area contributed by atoms with Crippen molar-refractivity contribution in [3.05, 3.63) is 0 Å². The van der Waals surface area contributed by atoms with Crippen molar-refractivity contribution in [1.29, 1.82) is 0 Å². The molecule has 2 aliphatic rings. The van der Waals surface area contributed by atoms with E-state index in [0.717, 1.165) is 0 Å². The highest BCUT2D eigenvalue weighted by molar-refractivity contribution is 4.86. The maximum atomic E-state index is 5.43. The van der Waals surface area contributed by atoms with Gasteiger partial charge in [-0.15, -0.1) is 0 Å². The molecule has 8 nitrogen and oxygen atoms in total. The minimum Gasteiger partial charge on any atom is -0.382 e. The van der Waals surface area contributed by atoms with Gasteiger partial charge in [0.2, 0.25) is 0 Å². The van der Waals surface area contributed by atoms with Crippen LogP contribution in [0.4, 0.5) is 0 Å². The van der Waals surface area contributed by atoms with E-state index < -0.39 is 0 Å². The van der Waals surface area contributed by atoms with E-state index in [1.165, 1.54) is 0 Å². The van der Waals surface area contributed by atoms with Gasteiger partial charge in [-0.25, -0.2) is 0 Å². The molecule has 24 heavy (non-hydrogen) atoms. The second-order valence-corrected chi connectivity index (χ2v) is 5.60. The van der Waals surface area contributed by atoms with Gasteiger partial charge in [0.25, 0.3) is 0 Å². The molecule has 0 aromatic carbocycles. The summed E-state index contributed by atoms with van der Waals surface area (Å²) in [5.74, 6) is 0. The molecule has 0 amide bonds. The topological polar surface area (TPSA) is 73.8 Å². The zero-order valence-electron chi connectivity index (χ0n) is 15.6. The summed E-state index contributed by atoms with van der Waals surface area (Å²) in [5.41, 5.74) is 0. The largest absolute Gasteiger partial charge is 0.382 e. The number of ether oxygens (including phenoxy) is 8. The van der Waals surface area contributed by atoms with Crippen molar-refractivity contribution in [2.75, 3.05) is 69.1 Å². The van der Waals surface area contributed by atoms with Crippen molar-refractivity contribution in [3.63, 3.8) is 0 Å². The fourth-order valence-corrected chi connectivity index (χ4v) is 2.92. The average molecular weight is 352 g/mol. The third-order valence-electron chi connectivity index (χ3n) is 4.23. The van der Waals surface area contributed by atoms with Gasteiger partial charge in [-0.1, -0.05) is 0 Å². The van der Waals surface area contributed by atoms with E-state index >= 15 is 0 Å². The molecule has 2 aliphatic heterocycles. The molecule has 0 aromatic rings. The van der Waals surface area contributed by atoms with Crippen LogP contribution in [0.3, 0.4) is 0 Å². The molecule has 0 aromatic heterocycles. The summed E-state index contributed by atoms with van der Waals surface area (Å²) in [6.07, 6.45) is 0.0742. The summed E-state index contributed by atoms with van der Waals surface area (Å²) in [4.78, 5) is 0. The van der Waals surface area contributed by atoms with Crippen LogP contribution < -0.4 is 0 Å². The Labute approximate surface area is 144 Å². The Balaban J connectivity index is 0.000000240.